The van der Waals surface area contributed by atoms with Crippen LogP contribution >= 0.6 is 0 Å². The summed E-state index contributed by atoms with van der Waals surface area (Å²) in [5, 5.41) is 2.05. The summed E-state index contributed by atoms with van der Waals surface area (Å²) >= 11 is 0. The van der Waals surface area contributed by atoms with E-state index in [-0.39, 0.29) is 25.5 Å². The number of hydrogen-bond acceptors (Lipinski definition) is 4. The van der Waals surface area contributed by atoms with Gasteiger partial charge in [0.05, 0.1) is 22.4 Å². The van der Waals surface area contributed by atoms with Crippen LogP contribution in [0.1, 0.15) is 43.3 Å². The average Bonchev–Trinajstić information content (AvgIpc) is 2.81. The van der Waals surface area contributed by atoms with Crippen molar-refractivity contribution in [3.63, 3.8) is 0 Å². The number of anilines is 3. The molecule has 0 atom stereocenters. The molecule has 0 bridgehead atoms. The standard InChI is InChI=1S/C30H30N4.Ir/c1-19-10-7-8-13-25(19)34(28-20(2)11-9-12-21(28)3)26-16-17-31-27-22(26)14-15-24-23(27)18-32-29(33-24)30(4,5)6;/h7-18H,1-6H3;. The van der Waals surface area contributed by atoms with Crippen LogP contribution in [0.3, 0.4) is 0 Å². The van der Waals surface area contributed by atoms with E-state index in [0.29, 0.717) is 0 Å². The van der Waals surface area contributed by atoms with Crippen molar-refractivity contribution in [1.29, 1.82) is 0 Å². The topological polar surface area (TPSA) is 41.9 Å². The fourth-order valence-corrected chi connectivity index (χ4v) is 4.61. The molecule has 5 heteroatoms. The Hall–Kier alpha value is -3.14. The van der Waals surface area contributed by atoms with Crippen molar-refractivity contribution >= 4 is 38.9 Å². The molecule has 0 saturated heterocycles. The molecule has 0 aliphatic carbocycles. The predicted molar refractivity (Wildman–Crippen MR) is 142 cm³/mol. The molecule has 0 spiro atoms. The largest absolute Gasteiger partial charge is 0.309 e. The van der Waals surface area contributed by atoms with Crippen LogP contribution in [-0.2, 0) is 25.5 Å². The maximum Gasteiger partial charge on any atom is 0.134 e. The second kappa shape index (κ2) is 9.48. The Morgan fingerprint density at radius 3 is 2.06 bits per heavy atom. The molecule has 4 nitrogen and oxygen atoms in total. The summed E-state index contributed by atoms with van der Waals surface area (Å²) in [6, 6.07) is 21.4. The summed E-state index contributed by atoms with van der Waals surface area (Å²) < 4.78 is 0. The molecular weight excluding hydrogens is 609 g/mol. The van der Waals surface area contributed by atoms with E-state index >= 15 is 0 Å². The average molecular weight is 639 g/mol. The first-order valence-electron chi connectivity index (χ1n) is 11.7. The summed E-state index contributed by atoms with van der Waals surface area (Å²) in [5.41, 5.74) is 8.86. The van der Waals surface area contributed by atoms with Crippen molar-refractivity contribution in [1.82, 2.24) is 15.0 Å². The van der Waals surface area contributed by atoms with Crippen molar-refractivity contribution in [2.45, 2.75) is 47.0 Å². The van der Waals surface area contributed by atoms with Gasteiger partial charge in [-0.3, -0.25) is 4.98 Å². The molecule has 0 N–H and O–H groups in total. The maximum atomic E-state index is 4.87. The van der Waals surface area contributed by atoms with E-state index in [1.54, 1.807) is 0 Å². The van der Waals surface area contributed by atoms with Crippen molar-refractivity contribution in [3.8, 4) is 0 Å². The van der Waals surface area contributed by atoms with E-state index in [4.69, 9.17) is 15.0 Å². The maximum absolute atomic E-state index is 4.87. The summed E-state index contributed by atoms with van der Waals surface area (Å²) in [5.74, 6) is 0.840. The molecule has 2 heterocycles. The number of benzene rings is 3. The Morgan fingerprint density at radius 1 is 0.686 bits per heavy atom. The Kier molecular flexibility index (Phi) is 6.77. The van der Waals surface area contributed by atoms with Crippen LogP contribution in [0, 0.1) is 20.8 Å². The predicted octanol–water partition coefficient (Wildman–Crippen LogP) is 7.87. The van der Waals surface area contributed by atoms with E-state index < -0.39 is 0 Å². The summed E-state index contributed by atoms with van der Waals surface area (Å²) in [6.45, 7) is 12.9. The fraction of sp³-hybridized carbons (Fsp3) is 0.233. The molecule has 1 radical (unpaired) electrons. The fourth-order valence-electron chi connectivity index (χ4n) is 4.61. The normalized spacial score (nSPS) is 11.5. The Balaban J connectivity index is 0.00000289. The molecule has 0 amide bonds. The Labute approximate surface area is 220 Å². The van der Waals surface area contributed by atoms with Crippen LogP contribution in [0.25, 0.3) is 21.8 Å². The zero-order valence-corrected chi connectivity index (χ0v) is 23.4. The molecule has 5 rings (SSSR count). The first kappa shape index (κ1) is 25.0. The number of nitrogens with zero attached hydrogens (tertiary/aromatic N) is 4. The van der Waals surface area contributed by atoms with E-state index in [1.165, 1.54) is 22.4 Å². The number of pyridine rings is 1. The quantitative estimate of drug-likeness (QED) is 0.189. The molecule has 5 aromatic rings. The van der Waals surface area contributed by atoms with Gasteiger partial charge < -0.3 is 4.90 Å². The van der Waals surface area contributed by atoms with Gasteiger partial charge in [-0.25, -0.2) is 9.97 Å². The van der Waals surface area contributed by atoms with Crippen molar-refractivity contribution in [3.05, 3.63) is 95.6 Å². The zero-order chi connectivity index (χ0) is 24.0. The number of aryl methyl sites for hydroxylation is 3. The SMILES string of the molecule is Cc1ccccc1N(c1c(C)cccc1C)c1ccnc2c1ccc1nc(C(C)(C)C)ncc12.[Ir]. The molecule has 0 saturated carbocycles. The molecule has 3 aromatic carbocycles. The summed E-state index contributed by atoms with van der Waals surface area (Å²) in [6.07, 6.45) is 3.83. The van der Waals surface area contributed by atoms with E-state index in [0.717, 1.165) is 39.0 Å². The Morgan fingerprint density at radius 2 is 1.37 bits per heavy atom. The van der Waals surface area contributed by atoms with Gasteiger partial charge in [0.2, 0.25) is 0 Å². The van der Waals surface area contributed by atoms with Gasteiger partial charge in [0.25, 0.3) is 0 Å². The molecule has 0 fully saturated rings. The molecular formula is C30H30IrN4. The Bertz CT molecular complexity index is 1520. The monoisotopic (exact) mass is 639 g/mol. The summed E-state index contributed by atoms with van der Waals surface area (Å²) in [7, 11) is 0. The minimum Gasteiger partial charge on any atom is -0.309 e. The van der Waals surface area contributed by atoms with Gasteiger partial charge in [0, 0.05) is 54.4 Å². The van der Waals surface area contributed by atoms with E-state index in [1.807, 2.05) is 12.4 Å². The van der Waals surface area contributed by atoms with Gasteiger partial charge in [-0.2, -0.15) is 0 Å². The molecule has 0 aliphatic rings. The van der Waals surface area contributed by atoms with Crippen molar-refractivity contribution in [2.75, 3.05) is 4.90 Å². The first-order valence-corrected chi connectivity index (χ1v) is 11.7. The van der Waals surface area contributed by atoms with Gasteiger partial charge in [-0.15, -0.1) is 0 Å². The molecule has 2 aromatic heterocycles. The third-order valence-corrected chi connectivity index (χ3v) is 6.38. The van der Waals surface area contributed by atoms with Crippen LogP contribution < -0.4 is 4.90 Å². The smallest absolute Gasteiger partial charge is 0.134 e. The second-order valence-electron chi connectivity index (χ2n) is 10.0. The van der Waals surface area contributed by atoms with Gasteiger partial charge in [0.1, 0.15) is 5.82 Å². The van der Waals surface area contributed by atoms with Crippen LogP contribution in [0.5, 0.6) is 0 Å². The van der Waals surface area contributed by atoms with E-state index in [9.17, 15) is 0 Å². The third-order valence-electron chi connectivity index (χ3n) is 6.38. The van der Waals surface area contributed by atoms with Crippen molar-refractivity contribution < 1.29 is 20.1 Å². The zero-order valence-electron chi connectivity index (χ0n) is 21.1. The van der Waals surface area contributed by atoms with Gasteiger partial charge >= 0.3 is 0 Å². The molecule has 0 aliphatic heterocycles. The number of aromatic nitrogens is 3. The number of para-hydroxylation sites is 2. The third kappa shape index (κ3) is 4.47. The number of rotatable bonds is 3. The van der Waals surface area contributed by atoms with Gasteiger partial charge in [-0.05, 0) is 61.7 Å². The molecule has 0 unspecified atom stereocenters. The van der Waals surface area contributed by atoms with Crippen LogP contribution in [0.4, 0.5) is 17.1 Å². The minimum absolute atomic E-state index is 0. The van der Waals surface area contributed by atoms with Crippen LogP contribution in [-0.4, -0.2) is 15.0 Å². The second-order valence-corrected chi connectivity index (χ2v) is 10.0. The van der Waals surface area contributed by atoms with Crippen LogP contribution in [0.2, 0.25) is 0 Å². The van der Waals surface area contributed by atoms with Crippen molar-refractivity contribution in [2.24, 2.45) is 0 Å². The molecule has 35 heavy (non-hydrogen) atoms. The van der Waals surface area contributed by atoms with Crippen LogP contribution in [0.15, 0.2) is 73.1 Å². The molecule has 179 valence electrons. The summed E-state index contributed by atoms with van der Waals surface area (Å²) in [4.78, 5) is 16.7. The number of fused-ring (bicyclic) bond motifs is 3. The minimum atomic E-state index is -0.109. The van der Waals surface area contributed by atoms with Gasteiger partial charge in [0.15, 0.2) is 0 Å². The van der Waals surface area contributed by atoms with E-state index in [2.05, 4.69) is 107 Å². The first-order chi connectivity index (χ1) is 16.3. The number of hydrogen-bond donors (Lipinski definition) is 0. The van der Waals surface area contributed by atoms with Gasteiger partial charge in [-0.1, -0.05) is 57.2 Å².